The third-order valence-electron chi connectivity index (χ3n) is 5.48. The number of benzene rings is 1. The molecule has 0 radical (unpaired) electrons. The molecule has 2 rings (SSSR count). The van der Waals surface area contributed by atoms with Crippen molar-refractivity contribution in [3.05, 3.63) is 35.9 Å². The first-order chi connectivity index (χ1) is 12.6. The lowest BCUT2D eigenvalue weighted by Gasteiger charge is -2.25. The van der Waals surface area contributed by atoms with E-state index in [0.717, 1.165) is 44.5 Å². The average molecular weight is 487 g/mol. The molecule has 0 spiro atoms. The molecule has 1 saturated heterocycles. The van der Waals surface area contributed by atoms with Gasteiger partial charge in [-0.25, -0.2) is 0 Å². The summed E-state index contributed by atoms with van der Waals surface area (Å²) in [6.07, 6.45) is 2.39. The highest BCUT2D eigenvalue weighted by Crippen LogP contribution is 2.14. The summed E-state index contributed by atoms with van der Waals surface area (Å²) in [7, 11) is 4.05. The van der Waals surface area contributed by atoms with E-state index in [1.165, 1.54) is 25.1 Å². The number of nitrogens with one attached hydrogen (secondary N) is 2. The number of hydrogen-bond acceptors (Lipinski definition) is 3. The van der Waals surface area contributed by atoms with E-state index in [-0.39, 0.29) is 24.0 Å². The van der Waals surface area contributed by atoms with Crippen LogP contribution in [0.2, 0.25) is 0 Å². The Morgan fingerprint density at radius 1 is 1.30 bits per heavy atom. The van der Waals surface area contributed by atoms with Gasteiger partial charge in [0, 0.05) is 39.3 Å². The number of halogens is 1. The van der Waals surface area contributed by atoms with E-state index < -0.39 is 0 Å². The third-order valence-corrected chi connectivity index (χ3v) is 5.48. The molecule has 154 valence electrons. The van der Waals surface area contributed by atoms with Crippen LogP contribution in [-0.4, -0.2) is 68.6 Å². The average Bonchev–Trinajstić information content (AvgIpc) is 3.13. The van der Waals surface area contributed by atoms with E-state index in [0.29, 0.717) is 6.04 Å². The number of hydrogen-bond donors (Lipinski definition) is 2. The minimum absolute atomic E-state index is 0. The lowest BCUT2D eigenvalue weighted by molar-refractivity contribution is 0.238. The Morgan fingerprint density at radius 3 is 2.67 bits per heavy atom. The van der Waals surface area contributed by atoms with Gasteiger partial charge in [-0.15, -0.1) is 24.0 Å². The fourth-order valence-electron chi connectivity index (χ4n) is 3.48. The summed E-state index contributed by atoms with van der Waals surface area (Å²) < 4.78 is 0. The maximum Gasteiger partial charge on any atom is 0.190 e. The van der Waals surface area contributed by atoms with Crippen LogP contribution in [0, 0.1) is 5.92 Å². The van der Waals surface area contributed by atoms with E-state index in [9.17, 15) is 0 Å². The lowest BCUT2D eigenvalue weighted by atomic mass is 10.1. The standard InChI is InChI=1S/C21H37N5.HI/c1-5-26-14-12-20(17-26)15-24-21(22-3)23-13-11-18(2)25(4)16-19-9-7-6-8-10-19;/h6-10,18,20H,5,11-17H2,1-4H3,(H2,22,23,24);1H. The van der Waals surface area contributed by atoms with Crippen molar-refractivity contribution in [2.45, 2.75) is 39.3 Å². The largest absolute Gasteiger partial charge is 0.356 e. The van der Waals surface area contributed by atoms with Crippen LogP contribution >= 0.6 is 24.0 Å². The summed E-state index contributed by atoms with van der Waals surface area (Å²) in [6.45, 7) is 11.1. The van der Waals surface area contributed by atoms with Gasteiger partial charge in [0.25, 0.3) is 0 Å². The van der Waals surface area contributed by atoms with Crippen molar-refractivity contribution in [3.8, 4) is 0 Å². The zero-order valence-electron chi connectivity index (χ0n) is 17.4. The van der Waals surface area contributed by atoms with Crippen LogP contribution in [0.25, 0.3) is 0 Å². The second-order valence-electron chi connectivity index (χ2n) is 7.47. The van der Waals surface area contributed by atoms with E-state index in [1.54, 1.807) is 0 Å². The highest BCUT2D eigenvalue weighted by atomic mass is 127. The topological polar surface area (TPSA) is 42.9 Å². The number of nitrogens with zero attached hydrogens (tertiary/aromatic N) is 3. The molecule has 1 aromatic rings. The summed E-state index contributed by atoms with van der Waals surface area (Å²) in [5.41, 5.74) is 1.37. The van der Waals surface area contributed by atoms with Crippen LogP contribution in [0.5, 0.6) is 0 Å². The summed E-state index contributed by atoms with van der Waals surface area (Å²) in [6, 6.07) is 11.2. The quantitative estimate of drug-likeness (QED) is 0.319. The first kappa shape index (κ1) is 24.2. The monoisotopic (exact) mass is 487 g/mol. The molecule has 6 heteroatoms. The molecule has 1 aliphatic rings. The second-order valence-corrected chi connectivity index (χ2v) is 7.47. The van der Waals surface area contributed by atoms with Gasteiger partial charge >= 0.3 is 0 Å². The highest BCUT2D eigenvalue weighted by molar-refractivity contribution is 14.0. The van der Waals surface area contributed by atoms with Crippen molar-refractivity contribution in [1.29, 1.82) is 0 Å². The van der Waals surface area contributed by atoms with Crippen LogP contribution in [0.15, 0.2) is 35.3 Å². The van der Waals surface area contributed by atoms with Gasteiger partial charge in [-0.1, -0.05) is 37.3 Å². The SMILES string of the molecule is CCN1CCC(CNC(=NC)NCCC(C)N(C)Cc2ccccc2)C1.I. The predicted molar refractivity (Wildman–Crippen MR) is 127 cm³/mol. The van der Waals surface area contributed by atoms with Crippen LogP contribution in [0.4, 0.5) is 0 Å². The van der Waals surface area contributed by atoms with Crippen LogP contribution in [0.3, 0.4) is 0 Å². The molecule has 0 bridgehead atoms. The Kier molecular flexibility index (Phi) is 11.9. The number of guanidine groups is 1. The molecule has 27 heavy (non-hydrogen) atoms. The molecule has 0 amide bonds. The maximum atomic E-state index is 4.36. The van der Waals surface area contributed by atoms with Crippen molar-refractivity contribution >= 4 is 29.9 Å². The Morgan fingerprint density at radius 2 is 2.04 bits per heavy atom. The number of likely N-dealkylation sites (tertiary alicyclic amines) is 1. The Bertz CT molecular complexity index is 537. The van der Waals surface area contributed by atoms with Crippen LogP contribution < -0.4 is 10.6 Å². The van der Waals surface area contributed by atoms with Gasteiger partial charge in [-0.05, 0) is 51.4 Å². The van der Waals surface area contributed by atoms with Crippen molar-refractivity contribution in [3.63, 3.8) is 0 Å². The van der Waals surface area contributed by atoms with Gasteiger partial charge in [-0.3, -0.25) is 9.89 Å². The van der Waals surface area contributed by atoms with Gasteiger partial charge < -0.3 is 15.5 Å². The van der Waals surface area contributed by atoms with Gasteiger partial charge in [0.1, 0.15) is 0 Å². The summed E-state index contributed by atoms with van der Waals surface area (Å²) in [5.74, 6) is 1.67. The molecule has 1 fully saturated rings. The highest BCUT2D eigenvalue weighted by Gasteiger charge is 2.21. The number of aliphatic imine (C=N–C) groups is 1. The van der Waals surface area contributed by atoms with Gasteiger partial charge in [0.15, 0.2) is 5.96 Å². The molecule has 5 nitrogen and oxygen atoms in total. The van der Waals surface area contributed by atoms with Crippen molar-refractivity contribution in [2.75, 3.05) is 46.8 Å². The minimum atomic E-state index is 0. The fourth-order valence-corrected chi connectivity index (χ4v) is 3.48. The molecule has 1 aromatic carbocycles. The molecule has 2 N–H and O–H groups in total. The summed E-state index contributed by atoms with van der Waals surface area (Å²) >= 11 is 0. The Balaban J connectivity index is 0.00000364. The van der Waals surface area contributed by atoms with Crippen molar-refractivity contribution in [1.82, 2.24) is 20.4 Å². The zero-order chi connectivity index (χ0) is 18.8. The van der Waals surface area contributed by atoms with Crippen molar-refractivity contribution in [2.24, 2.45) is 10.9 Å². The van der Waals surface area contributed by atoms with Crippen LogP contribution in [0.1, 0.15) is 32.3 Å². The van der Waals surface area contributed by atoms with Crippen LogP contribution in [-0.2, 0) is 6.54 Å². The molecular weight excluding hydrogens is 449 g/mol. The Labute approximate surface area is 183 Å². The third kappa shape index (κ3) is 8.79. The molecule has 2 atom stereocenters. The first-order valence-corrected chi connectivity index (χ1v) is 10.0. The van der Waals surface area contributed by atoms with Gasteiger partial charge in [0.05, 0.1) is 0 Å². The normalized spacial score (nSPS) is 19.0. The predicted octanol–water partition coefficient (Wildman–Crippen LogP) is 3.02. The summed E-state index contributed by atoms with van der Waals surface area (Å²) in [4.78, 5) is 9.29. The minimum Gasteiger partial charge on any atom is -0.356 e. The summed E-state index contributed by atoms with van der Waals surface area (Å²) in [5, 5.41) is 6.96. The maximum absolute atomic E-state index is 4.36. The fraction of sp³-hybridized carbons (Fsp3) is 0.667. The second kappa shape index (κ2) is 13.3. The molecule has 0 saturated carbocycles. The molecule has 0 aromatic heterocycles. The molecule has 1 aliphatic heterocycles. The first-order valence-electron chi connectivity index (χ1n) is 10.0. The number of rotatable bonds is 9. The van der Waals surface area contributed by atoms with Gasteiger partial charge in [0.2, 0.25) is 0 Å². The van der Waals surface area contributed by atoms with Gasteiger partial charge in [-0.2, -0.15) is 0 Å². The molecule has 0 aliphatic carbocycles. The molecule has 1 heterocycles. The zero-order valence-corrected chi connectivity index (χ0v) is 19.8. The Hall–Kier alpha value is -0.860. The molecule has 2 unspecified atom stereocenters. The van der Waals surface area contributed by atoms with E-state index >= 15 is 0 Å². The lowest BCUT2D eigenvalue weighted by Crippen LogP contribution is -2.42. The van der Waals surface area contributed by atoms with Crippen molar-refractivity contribution < 1.29 is 0 Å². The molecular formula is C21H38IN5. The van der Waals surface area contributed by atoms with E-state index in [2.05, 4.69) is 76.7 Å². The smallest absolute Gasteiger partial charge is 0.190 e. The van der Waals surface area contributed by atoms with E-state index in [1.807, 2.05) is 7.05 Å². The van der Waals surface area contributed by atoms with E-state index in [4.69, 9.17) is 0 Å².